The third kappa shape index (κ3) is 5.18. The first-order chi connectivity index (χ1) is 12.9. The van der Waals surface area contributed by atoms with E-state index in [1.807, 2.05) is 60.8 Å². The van der Waals surface area contributed by atoms with E-state index in [1.54, 1.807) is 0 Å². The maximum Gasteiger partial charge on any atom is 0.224 e. The lowest BCUT2D eigenvalue weighted by molar-refractivity contribution is -0.120. The molecule has 6 nitrogen and oxygen atoms in total. The molecule has 0 saturated heterocycles. The molecule has 1 heterocycles. The number of hydrogen-bond acceptors (Lipinski definition) is 3. The van der Waals surface area contributed by atoms with Crippen LogP contribution in [0.3, 0.4) is 0 Å². The van der Waals surface area contributed by atoms with Gasteiger partial charge in [-0.25, -0.2) is 8.42 Å². The van der Waals surface area contributed by atoms with E-state index in [-0.39, 0.29) is 32.0 Å². The van der Waals surface area contributed by atoms with Gasteiger partial charge in [-0.3, -0.25) is 4.79 Å². The predicted molar refractivity (Wildman–Crippen MR) is 107 cm³/mol. The summed E-state index contributed by atoms with van der Waals surface area (Å²) in [6, 6.07) is 17.2. The number of aromatic amines is 1. The fourth-order valence-electron chi connectivity index (χ4n) is 2.98. The minimum Gasteiger partial charge on any atom is -0.361 e. The number of aromatic nitrogens is 1. The lowest BCUT2D eigenvalue weighted by Gasteiger charge is -2.20. The molecule has 2 N–H and O–H groups in total. The Morgan fingerprint density at radius 1 is 1.07 bits per heavy atom. The van der Waals surface area contributed by atoms with Crippen LogP contribution in [0.25, 0.3) is 10.9 Å². The van der Waals surface area contributed by atoms with Crippen LogP contribution in [0.1, 0.15) is 11.1 Å². The third-order valence-electron chi connectivity index (χ3n) is 4.38. The Labute approximate surface area is 159 Å². The van der Waals surface area contributed by atoms with Crippen molar-refractivity contribution in [2.75, 3.05) is 19.3 Å². The molecule has 0 saturated carbocycles. The van der Waals surface area contributed by atoms with Crippen molar-refractivity contribution in [2.45, 2.75) is 13.0 Å². The number of hydrogen-bond donors (Lipinski definition) is 2. The maximum atomic E-state index is 12.3. The Hall–Kier alpha value is -2.64. The number of nitrogens with zero attached hydrogens (tertiary/aromatic N) is 1. The van der Waals surface area contributed by atoms with Crippen molar-refractivity contribution in [1.29, 1.82) is 0 Å². The molecule has 0 unspecified atom stereocenters. The summed E-state index contributed by atoms with van der Waals surface area (Å²) in [7, 11) is -3.36. The Bertz CT molecular complexity index is 1010. The second kappa shape index (κ2) is 8.37. The number of rotatable bonds is 8. The van der Waals surface area contributed by atoms with E-state index in [1.165, 1.54) is 10.6 Å². The van der Waals surface area contributed by atoms with Gasteiger partial charge in [-0.15, -0.1) is 0 Å². The second-order valence-electron chi connectivity index (χ2n) is 6.47. The number of amides is 1. The Kier molecular flexibility index (Phi) is 5.93. The fraction of sp³-hybridized carbons (Fsp3) is 0.250. The van der Waals surface area contributed by atoms with Gasteiger partial charge >= 0.3 is 0 Å². The Morgan fingerprint density at radius 2 is 1.78 bits per heavy atom. The fourth-order valence-corrected chi connectivity index (χ4v) is 3.79. The summed E-state index contributed by atoms with van der Waals surface area (Å²) in [4.78, 5) is 15.4. The van der Waals surface area contributed by atoms with E-state index in [0.29, 0.717) is 0 Å². The molecule has 0 bridgehead atoms. The van der Waals surface area contributed by atoms with Gasteiger partial charge in [-0.05, 0) is 17.2 Å². The van der Waals surface area contributed by atoms with E-state index in [0.717, 1.165) is 22.0 Å². The second-order valence-corrected chi connectivity index (χ2v) is 8.45. The number of sulfonamides is 1. The van der Waals surface area contributed by atoms with E-state index in [4.69, 9.17) is 0 Å². The molecule has 27 heavy (non-hydrogen) atoms. The molecule has 1 aromatic heterocycles. The Balaban J connectivity index is 1.55. The van der Waals surface area contributed by atoms with Crippen molar-refractivity contribution in [3.63, 3.8) is 0 Å². The van der Waals surface area contributed by atoms with Gasteiger partial charge in [0, 0.05) is 36.7 Å². The summed E-state index contributed by atoms with van der Waals surface area (Å²) in [5.74, 6) is -0.132. The number of carbonyl (C=O) groups is 1. The van der Waals surface area contributed by atoms with Gasteiger partial charge in [-0.2, -0.15) is 4.31 Å². The number of para-hydroxylation sites is 1. The highest BCUT2D eigenvalue weighted by Crippen LogP contribution is 2.17. The SMILES string of the molecule is CS(=O)(=O)N(CCNC(=O)Cc1c[nH]c2ccccc12)Cc1ccccc1. The summed E-state index contributed by atoms with van der Waals surface area (Å²) in [5, 5.41) is 3.84. The number of nitrogens with one attached hydrogen (secondary N) is 2. The molecule has 0 aliphatic carbocycles. The quantitative estimate of drug-likeness (QED) is 0.624. The average molecular weight is 385 g/mol. The molecule has 1 amide bonds. The third-order valence-corrected chi connectivity index (χ3v) is 5.63. The molecular weight excluding hydrogens is 362 g/mol. The molecule has 3 aromatic rings. The zero-order valence-electron chi connectivity index (χ0n) is 15.2. The summed E-state index contributed by atoms with van der Waals surface area (Å²) < 4.78 is 25.4. The lowest BCUT2D eigenvalue weighted by atomic mass is 10.1. The highest BCUT2D eigenvalue weighted by Gasteiger charge is 2.17. The summed E-state index contributed by atoms with van der Waals surface area (Å²) in [6.45, 7) is 0.784. The van der Waals surface area contributed by atoms with Gasteiger partial charge in [0.2, 0.25) is 15.9 Å². The molecule has 0 radical (unpaired) electrons. The number of fused-ring (bicyclic) bond motifs is 1. The van der Waals surface area contributed by atoms with Crippen molar-refractivity contribution in [2.24, 2.45) is 0 Å². The van der Waals surface area contributed by atoms with Crippen LogP contribution in [0.5, 0.6) is 0 Å². The zero-order valence-corrected chi connectivity index (χ0v) is 16.0. The van der Waals surface area contributed by atoms with Crippen LogP contribution in [0.2, 0.25) is 0 Å². The van der Waals surface area contributed by atoms with Crippen LogP contribution in [0.15, 0.2) is 60.8 Å². The molecule has 0 atom stereocenters. The molecule has 0 aliphatic rings. The van der Waals surface area contributed by atoms with Gasteiger partial charge in [0.15, 0.2) is 0 Å². The van der Waals surface area contributed by atoms with Crippen LogP contribution in [0.4, 0.5) is 0 Å². The number of benzene rings is 2. The average Bonchev–Trinajstić information content (AvgIpc) is 3.04. The lowest BCUT2D eigenvalue weighted by Crippen LogP contribution is -2.38. The highest BCUT2D eigenvalue weighted by molar-refractivity contribution is 7.88. The van der Waals surface area contributed by atoms with Crippen molar-refractivity contribution >= 4 is 26.8 Å². The maximum absolute atomic E-state index is 12.3. The predicted octanol–water partition coefficient (Wildman–Crippen LogP) is 2.29. The minimum atomic E-state index is -3.36. The number of H-pyrrole nitrogens is 1. The minimum absolute atomic E-state index is 0.132. The van der Waals surface area contributed by atoms with Crippen LogP contribution >= 0.6 is 0 Å². The molecule has 3 rings (SSSR count). The summed E-state index contributed by atoms with van der Waals surface area (Å²) in [5.41, 5.74) is 2.83. The molecule has 142 valence electrons. The van der Waals surface area contributed by atoms with Gasteiger partial charge in [0.05, 0.1) is 12.7 Å². The normalized spacial score (nSPS) is 11.8. The molecular formula is C20H23N3O3S. The molecule has 7 heteroatoms. The monoisotopic (exact) mass is 385 g/mol. The number of carbonyl (C=O) groups excluding carboxylic acids is 1. The first-order valence-electron chi connectivity index (χ1n) is 8.74. The largest absolute Gasteiger partial charge is 0.361 e. The highest BCUT2D eigenvalue weighted by atomic mass is 32.2. The first-order valence-corrected chi connectivity index (χ1v) is 10.6. The van der Waals surface area contributed by atoms with Crippen molar-refractivity contribution < 1.29 is 13.2 Å². The van der Waals surface area contributed by atoms with Gasteiger partial charge in [0.1, 0.15) is 0 Å². The Morgan fingerprint density at radius 3 is 2.52 bits per heavy atom. The van der Waals surface area contributed by atoms with E-state index in [2.05, 4.69) is 10.3 Å². The molecule has 0 fully saturated rings. The van der Waals surface area contributed by atoms with Crippen LogP contribution in [-0.2, 0) is 27.8 Å². The van der Waals surface area contributed by atoms with Gasteiger partial charge < -0.3 is 10.3 Å². The smallest absolute Gasteiger partial charge is 0.224 e. The van der Waals surface area contributed by atoms with Crippen molar-refractivity contribution in [3.05, 3.63) is 71.9 Å². The topological polar surface area (TPSA) is 82.3 Å². The molecule has 0 spiro atoms. The van der Waals surface area contributed by atoms with Crippen LogP contribution < -0.4 is 5.32 Å². The van der Waals surface area contributed by atoms with E-state index in [9.17, 15) is 13.2 Å². The van der Waals surface area contributed by atoms with Crippen molar-refractivity contribution in [3.8, 4) is 0 Å². The molecule has 2 aromatic carbocycles. The summed E-state index contributed by atoms with van der Waals surface area (Å²) in [6.07, 6.45) is 3.27. The summed E-state index contributed by atoms with van der Waals surface area (Å²) >= 11 is 0. The zero-order chi connectivity index (χ0) is 19.3. The van der Waals surface area contributed by atoms with E-state index >= 15 is 0 Å². The van der Waals surface area contributed by atoms with Gasteiger partial charge in [-0.1, -0.05) is 48.5 Å². The van der Waals surface area contributed by atoms with E-state index < -0.39 is 10.0 Å². The molecule has 0 aliphatic heterocycles. The van der Waals surface area contributed by atoms with Gasteiger partial charge in [0.25, 0.3) is 0 Å². The van der Waals surface area contributed by atoms with Crippen molar-refractivity contribution in [1.82, 2.24) is 14.6 Å². The van der Waals surface area contributed by atoms with Crippen LogP contribution in [0, 0.1) is 0 Å². The standard InChI is InChI=1S/C20H23N3O3S/c1-27(25,26)23(15-16-7-3-2-4-8-16)12-11-21-20(24)13-17-14-22-19-10-6-5-9-18(17)19/h2-10,14,22H,11-13,15H2,1H3,(H,21,24). The van der Waals surface area contributed by atoms with Crippen LogP contribution in [-0.4, -0.2) is 43.0 Å². The first kappa shape index (κ1) is 19.1.